The quantitative estimate of drug-likeness (QED) is 0.169. The summed E-state index contributed by atoms with van der Waals surface area (Å²) in [4.78, 5) is 0. The van der Waals surface area contributed by atoms with E-state index in [2.05, 4.69) is 126 Å². The molecular weight excluding hydrogens is 803 g/mol. The number of fused-ring (bicyclic) bond motifs is 10. The number of aryl methyl sites for hydroxylation is 1. The van der Waals surface area contributed by atoms with Crippen molar-refractivity contribution in [3.8, 4) is 50.9 Å². The highest BCUT2D eigenvalue weighted by molar-refractivity contribution is 6.73. The Morgan fingerprint density at radius 1 is 0.621 bits per heavy atom. The van der Waals surface area contributed by atoms with Crippen LogP contribution in [0.25, 0.3) is 49.7 Å². The Bertz CT molecular complexity index is 3380. The van der Waals surface area contributed by atoms with Crippen LogP contribution in [0.4, 0.5) is 11.4 Å². The highest BCUT2D eigenvalue weighted by Crippen LogP contribution is 2.78. The second-order valence-corrected chi connectivity index (χ2v) is 22.2. The van der Waals surface area contributed by atoms with Gasteiger partial charge in [-0.25, -0.2) is 0 Å². The van der Waals surface area contributed by atoms with Gasteiger partial charge in [-0.2, -0.15) is 0 Å². The first kappa shape index (κ1) is 37.0. The van der Waals surface area contributed by atoms with Crippen LogP contribution in [0.2, 0.25) is 0 Å². The Kier molecular flexibility index (Phi) is 7.42. The molecule has 2 aliphatic heterocycles. The van der Waals surface area contributed by atoms with E-state index in [9.17, 15) is 0 Å². The van der Waals surface area contributed by atoms with Gasteiger partial charge in [-0.15, -0.1) is 0 Å². The van der Waals surface area contributed by atoms with Crippen molar-refractivity contribution < 1.29 is 9.47 Å². The lowest BCUT2D eigenvalue weighted by Gasteiger charge is -2.51. The second-order valence-electron chi connectivity index (χ2n) is 22.2. The van der Waals surface area contributed by atoms with Gasteiger partial charge in [0.2, 0.25) is 0 Å². The summed E-state index contributed by atoms with van der Waals surface area (Å²) in [5, 5.41) is 6.87. The first-order valence-electron chi connectivity index (χ1n) is 25.3. The van der Waals surface area contributed by atoms with Gasteiger partial charge in [0.15, 0.2) is 30.3 Å². The zero-order chi connectivity index (χ0) is 43.0. The van der Waals surface area contributed by atoms with Crippen LogP contribution in [0.15, 0.2) is 133 Å². The Morgan fingerprint density at radius 3 is 2.18 bits per heavy atom. The number of nitrogens with one attached hydrogen (secondary N) is 1. The molecule has 7 atom stereocenters. The summed E-state index contributed by atoms with van der Waals surface area (Å²) in [5.74, 6) is 10.2. The van der Waals surface area contributed by atoms with E-state index in [4.69, 9.17) is 9.47 Å². The average Bonchev–Trinajstić information content (AvgIpc) is 3.87. The number of anilines is 2. The lowest BCUT2D eigenvalue weighted by molar-refractivity contribution is 0.0685. The summed E-state index contributed by atoms with van der Waals surface area (Å²) < 4.78 is 16.0. The predicted octanol–water partition coefficient (Wildman–Crippen LogP) is 14.0. The molecule has 9 aliphatic rings. The van der Waals surface area contributed by atoms with E-state index in [1.807, 2.05) is 24.3 Å². The number of hydrogen-bond acceptors (Lipinski definition) is 3. The van der Waals surface area contributed by atoms with Crippen LogP contribution in [0, 0.1) is 48.3 Å². The molecule has 1 N–H and O–H groups in total. The molecule has 4 nitrogen and oxygen atoms in total. The van der Waals surface area contributed by atoms with Crippen molar-refractivity contribution in [3.63, 3.8) is 0 Å². The minimum Gasteiger partial charge on any atom is -0.449 e. The van der Waals surface area contributed by atoms with Crippen molar-refractivity contribution in [1.29, 1.82) is 0 Å². The minimum atomic E-state index is 0.405. The molecule has 17 rings (SSSR count). The summed E-state index contributed by atoms with van der Waals surface area (Å²) in [5.41, 5.74) is 18.7. The molecule has 66 heavy (non-hydrogen) atoms. The Balaban J connectivity index is 0.884. The molecule has 2 bridgehead atoms. The lowest BCUT2D eigenvalue weighted by Crippen LogP contribution is -2.47. The van der Waals surface area contributed by atoms with Crippen molar-refractivity contribution in [2.24, 2.45) is 41.4 Å². The van der Waals surface area contributed by atoms with E-state index in [1.165, 1.54) is 118 Å². The number of nitrogens with zero attached hydrogens (tertiary/aromatic N) is 1. The van der Waals surface area contributed by atoms with Crippen LogP contribution in [-0.2, 0) is 5.41 Å². The van der Waals surface area contributed by atoms with Crippen LogP contribution in [0.3, 0.4) is 0 Å². The number of ether oxygens (including phenoxy) is 2. The van der Waals surface area contributed by atoms with Gasteiger partial charge in [0.1, 0.15) is 0 Å². The molecule has 322 valence electrons. The monoisotopic (exact) mass is 856 g/mol. The third-order valence-electron chi connectivity index (χ3n) is 19.0. The maximum Gasteiger partial charge on any atom is 0.198 e. The zero-order valence-electron chi connectivity index (χ0n) is 37.7. The molecule has 8 aromatic rings. The first-order valence-corrected chi connectivity index (χ1v) is 25.3. The van der Waals surface area contributed by atoms with Gasteiger partial charge < -0.3 is 19.4 Å². The molecule has 0 radical (unpaired) electrons. The molecule has 7 fully saturated rings. The predicted molar refractivity (Wildman–Crippen MR) is 270 cm³/mol. The lowest BCUT2D eigenvalue weighted by atomic mass is 9.53. The molecule has 0 saturated heterocycles. The van der Waals surface area contributed by atoms with Crippen LogP contribution in [0.5, 0.6) is 23.0 Å². The second kappa shape index (κ2) is 13.2. The van der Waals surface area contributed by atoms with Gasteiger partial charge >= 0.3 is 0 Å². The summed E-state index contributed by atoms with van der Waals surface area (Å²) in [6.07, 6.45) is 12.9. The van der Waals surface area contributed by atoms with E-state index in [0.29, 0.717) is 17.1 Å². The Labute approximate surface area is 387 Å². The van der Waals surface area contributed by atoms with E-state index < -0.39 is 0 Å². The van der Waals surface area contributed by atoms with Gasteiger partial charge in [0, 0.05) is 39.3 Å². The van der Waals surface area contributed by atoms with Crippen molar-refractivity contribution in [2.45, 2.75) is 76.0 Å². The smallest absolute Gasteiger partial charge is 0.198 e. The fourth-order valence-electron chi connectivity index (χ4n) is 16.4. The third kappa shape index (κ3) is 5.07. The molecule has 7 aromatic carbocycles. The molecular formula is C61H53BN2O2. The van der Waals surface area contributed by atoms with Crippen molar-refractivity contribution in [3.05, 3.63) is 150 Å². The SMILES string of the molecule is Cc1cc(-c2cc3c(cc2Nc2ccc(-c4ccccc4)cc2)Oc2ccccc2O3)c2c(c1)-n1c3ccc(C45CC6CC7CC(C4)C5C76)cc3c3cc(C4CC5CCC4CC5)cc(c31)B2. The van der Waals surface area contributed by atoms with Crippen molar-refractivity contribution >= 4 is 51.4 Å². The van der Waals surface area contributed by atoms with E-state index >= 15 is 0 Å². The van der Waals surface area contributed by atoms with Crippen LogP contribution < -0.4 is 25.7 Å². The average molecular weight is 857 g/mol. The Morgan fingerprint density at radius 2 is 1.38 bits per heavy atom. The fourth-order valence-corrected chi connectivity index (χ4v) is 16.4. The number of para-hydroxylation sites is 2. The van der Waals surface area contributed by atoms with E-state index in [-0.39, 0.29) is 0 Å². The maximum atomic E-state index is 6.68. The third-order valence-corrected chi connectivity index (χ3v) is 19.0. The van der Waals surface area contributed by atoms with Gasteiger partial charge in [-0.3, -0.25) is 0 Å². The molecule has 7 unspecified atom stereocenters. The highest BCUT2D eigenvalue weighted by atomic mass is 16.6. The van der Waals surface area contributed by atoms with Gasteiger partial charge in [-0.1, -0.05) is 91.1 Å². The molecule has 3 heterocycles. The highest BCUT2D eigenvalue weighted by Gasteiger charge is 2.72. The van der Waals surface area contributed by atoms with Crippen molar-refractivity contribution in [1.82, 2.24) is 4.57 Å². The molecule has 7 aliphatic carbocycles. The van der Waals surface area contributed by atoms with E-state index in [1.54, 1.807) is 11.1 Å². The summed E-state index contributed by atoms with van der Waals surface area (Å²) in [6, 6.07) is 50.0. The molecule has 5 heteroatoms. The largest absolute Gasteiger partial charge is 0.449 e. The first-order chi connectivity index (χ1) is 32.5. The summed E-state index contributed by atoms with van der Waals surface area (Å²) in [7, 11) is 0.889. The van der Waals surface area contributed by atoms with Crippen molar-refractivity contribution in [2.75, 3.05) is 5.32 Å². The fraction of sp³-hybridized carbons (Fsp3) is 0.311. The normalized spacial score (nSPS) is 28.6. The minimum absolute atomic E-state index is 0.405. The topological polar surface area (TPSA) is 35.4 Å². The summed E-state index contributed by atoms with van der Waals surface area (Å²) in [6.45, 7) is 2.28. The molecule has 0 amide bonds. The van der Waals surface area contributed by atoms with E-state index in [0.717, 1.165) is 82.9 Å². The van der Waals surface area contributed by atoms with Gasteiger partial charge in [-0.05, 0) is 198 Å². The number of benzene rings is 7. The number of rotatable bonds is 6. The van der Waals surface area contributed by atoms with Crippen LogP contribution in [0.1, 0.15) is 80.4 Å². The zero-order valence-corrected chi connectivity index (χ0v) is 37.7. The molecule has 0 spiro atoms. The van der Waals surface area contributed by atoms with Gasteiger partial charge in [0.05, 0.1) is 11.2 Å². The van der Waals surface area contributed by atoms with Crippen LogP contribution in [-0.4, -0.2) is 11.8 Å². The summed E-state index contributed by atoms with van der Waals surface area (Å²) >= 11 is 0. The number of aromatic nitrogens is 1. The van der Waals surface area contributed by atoms with Crippen LogP contribution >= 0.6 is 0 Å². The standard InChI is InChI=1S/C61H53BN2O2/c1-33-21-47(45-29-55-56(66-54-10-6-5-9-53(54)65-55)30-50(45)63-43-18-15-36(16-19-43)35-7-3-2-4-8-35)59-52(22-33)64-51-20-17-42(61-31-40-24-39-25-41(32-61)58(61)57(39)40)28-46(51)48-26-38(27-49(62-59)60(48)64)44-23-34-11-13-37(44)14-12-34/h2-10,15-22,26-30,34,37,39-41,44,57-58,62-63H,11-14,23-25,31-32H2,1H3. The molecule has 1 aromatic heterocycles. The number of hydrogen-bond donors (Lipinski definition) is 1. The van der Waals surface area contributed by atoms with Gasteiger partial charge in [0.25, 0.3) is 0 Å². The maximum absolute atomic E-state index is 6.68. The molecule has 7 saturated carbocycles. The Hall–Kier alpha value is -6.20.